The van der Waals surface area contributed by atoms with Crippen LogP contribution < -0.4 is 9.47 Å². The minimum absolute atomic E-state index is 0.0640. The van der Waals surface area contributed by atoms with Crippen molar-refractivity contribution < 1.29 is 14.6 Å². The summed E-state index contributed by atoms with van der Waals surface area (Å²) in [6, 6.07) is 5.89. The zero-order chi connectivity index (χ0) is 19.0. The Bertz CT molecular complexity index is 946. The molecule has 0 aliphatic carbocycles. The second-order valence-electron chi connectivity index (χ2n) is 6.63. The highest BCUT2D eigenvalue weighted by Gasteiger charge is 2.31. The number of thiazole rings is 1. The number of rotatable bonds is 6. The standard InChI is InChI=1S/C19H24N4O3S/c1-4-15-20-19-23(21-15)18(24)17(27-19)16(22-9-5-6-10-22)12-7-8-13(25-2)14(11-12)26-3/h7-8,11,16,24H,4-6,9-10H2,1-3H3/t16-/m1/s1. The van der Waals surface area contributed by atoms with Crippen molar-refractivity contribution in [3.05, 3.63) is 34.5 Å². The molecular formula is C19H24N4O3S. The first-order valence-electron chi connectivity index (χ1n) is 9.19. The molecule has 1 saturated heterocycles. The highest BCUT2D eigenvalue weighted by atomic mass is 32.1. The third-order valence-corrected chi connectivity index (χ3v) is 6.11. The van der Waals surface area contributed by atoms with E-state index in [2.05, 4.69) is 15.0 Å². The van der Waals surface area contributed by atoms with Crippen LogP contribution >= 0.6 is 11.3 Å². The van der Waals surface area contributed by atoms with Crippen molar-refractivity contribution in [2.75, 3.05) is 27.3 Å². The number of benzene rings is 1. The van der Waals surface area contributed by atoms with E-state index in [0.29, 0.717) is 11.5 Å². The number of hydrogen-bond donors (Lipinski definition) is 1. The molecular weight excluding hydrogens is 364 g/mol. The van der Waals surface area contributed by atoms with Gasteiger partial charge in [-0.2, -0.15) is 4.52 Å². The van der Waals surface area contributed by atoms with Gasteiger partial charge >= 0.3 is 0 Å². The number of hydrogen-bond acceptors (Lipinski definition) is 7. The molecule has 0 amide bonds. The molecule has 1 aromatic carbocycles. The molecule has 7 nitrogen and oxygen atoms in total. The molecule has 4 rings (SSSR count). The average molecular weight is 388 g/mol. The number of ether oxygens (including phenoxy) is 2. The van der Waals surface area contributed by atoms with Gasteiger partial charge in [-0.05, 0) is 43.6 Å². The summed E-state index contributed by atoms with van der Waals surface area (Å²) in [4.78, 5) is 8.51. The van der Waals surface area contributed by atoms with Crippen LogP contribution in [-0.4, -0.2) is 51.9 Å². The lowest BCUT2D eigenvalue weighted by molar-refractivity contribution is 0.275. The lowest BCUT2D eigenvalue weighted by Crippen LogP contribution is -2.26. The number of aromatic nitrogens is 3. The molecule has 8 heteroatoms. The lowest BCUT2D eigenvalue weighted by Gasteiger charge is -2.27. The predicted molar refractivity (Wildman–Crippen MR) is 104 cm³/mol. The summed E-state index contributed by atoms with van der Waals surface area (Å²) in [5.41, 5.74) is 1.06. The zero-order valence-electron chi connectivity index (χ0n) is 15.8. The van der Waals surface area contributed by atoms with Crippen LogP contribution in [0.4, 0.5) is 0 Å². The van der Waals surface area contributed by atoms with Crippen LogP contribution in [0, 0.1) is 0 Å². The van der Waals surface area contributed by atoms with Crippen LogP contribution in [0.2, 0.25) is 0 Å². The summed E-state index contributed by atoms with van der Waals surface area (Å²) in [6.07, 6.45) is 3.06. The molecule has 0 bridgehead atoms. The van der Waals surface area contributed by atoms with E-state index in [1.165, 1.54) is 11.3 Å². The Labute approximate surface area is 162 Å². The number of likely N-dealkylation sites (tertiary alicyclic amines) is 1. The maximum atomic E-state index is 10.9. The van der Waals surface area contributed by atoms with Gasteiger partial charge in [0.25, 0.3) is 0 Å². The first-order valence-corrected chi connectivity index (χ1v) is 10.0. The molecule has 1 fully saturated rings. The maximum Gasteiger partial charge on any atom is 0.230 e. The molecule has 1 atom stereocenters. The molecule has 1 aliphatic rings. The Hall–Kier alpha value is -2.32. The van der Waals surface area contributed by atoms with Gasteiger partial charge in [0, 0.05) is 6.42 Å². The molecule has 0 spiro atoms. The first kappa shape index (κ1) is 18.1. The fourth-order valence-corrected chi connectivity index (χ4v) is 4.81. The van der Waals surface area contributed by atoms with Gasteiger partial charge in [0.1, 0.15) is 0 Å². The predicted octanol–water partition coefficient (Wildman–Crippen LogP) is 3.26. The Kier molecular flexibility index (Phi) is 4.92. The number of aromatic hydroxyl groups is 1. The minimum Gasteiger partial charge on any atom is -0.493 e. The fourth-order valence-electron chi connectivity index (χ4n) is 3.67. The number of nitrogens with zero attached hydrogens (tertiary/aromatic N) is 4. The van der Waals surface area contributed by atoms with Gasteiger partial charge in [-0.15, -0.1) is 5.10 Å². The van der Waals surface area contributed by atoms with E-state index < -0.39 is 0 Å². The van der Waals surface area contributed by atoms with Gasteiger partial charge in [0.2, 0.25) is 10.8 Å². The molecule has 1 N–H and O–H groups in total. The summed E-state index contributed by atoms with van der Waals surface area (Å²) in [5.74, 6) is 2.30. The summed E-state index contributed by atoms with van der Waals surface area (Å²) in [7, 11) is 3.27. The summed E-state index contributed by atoms with van der Waals surface area (Å²) < 4.78 is 12.4. The van der Waals surface area contributed by atoms with Crippen LogP contribution in [0.5, 0.6) is 17.4 Å². The van der Waals surface area contributed by atoms with Gasteiger partial charge in [0.15, 0.2) is 17.3 Å². The second-order valence-corrected chi connectivity index (χ2v) is 7.64. The monoisotopic (exact) mass is 388 g/mol. The molecule has 3 heterocycles. The van der Waals surface area contributed by atoms with Gasteiger partial charge < -0.3 is 14.6 Å². The van der Waals surface area contributed by atoms with Crippen LogP contribution in [0.3, 0.4) is 0 Å². The Morgan fingerprint density at radius 2 is 1.93 bits per heavy atom. The largest absolute Gasteiger partial charge is 0.493 e. The molecule has 27 heavy (non-hydrogen) atoms. The summed E-state index contributed by atoms with van der Waals surface area (Å²) in [6.45, 7) is 3.99. The van der Waals surface area contributed by atoms with E-state index in [1.807, 2.05) is 25.1 Å². The highest BCUT2D eigenvalue weighted by Crippen LogP contribution is 2.43. The van der Waals surface area contributed by atoms with E-state index in [0.717, 1.165) is 53.6 Å². The molecule has 1 aliphatic heterocycles. The molecule has 3 aromatic rings. The van der Waals surface area contributed by atoms with E-state index >= 15 is 0 Å². The van der Waals surface area contributed by atoms with Crippen LogP contribution in [0.1, 0.15) is 42.1 Å². The summed E-state index contributed by atoms with van der Waals surface area (Å²) in [5, 5.41) is 15.3. The van der Waals surface area contributed by atoms with E-state index in [4.69, 9.17) is 9.47 Å². The van der Waals surface area contributed by atoms with Crippen molar-refractivity contribution in [3.8, 4) is 17.4 Å². The zero-order valence-corrected chi connectivity index (χ0v) is 16.6. The Morgan fingerprint density at radius 1 is 1.19 bits per heavy atom. The number of fused-ring (bicyclic) bond motifs is 1. The third-order valence-electron chi connectivity index (χ3n) is 5.04. The normalized spacial score (nSPS) is 16.1. The van der Waals surface area contributed by atoms with Crippen molar-refractivity contribution in [2.45, 2.75) is 32.2 Å². The van der Waals surface area contributed by atoms with Crippen molar-refractivity contribution >= 4 is 16.3 Å². The second kappa shape index (κ2) is 7.36. The molecule has 0 unspecified atom stereocenters. The molecule has 144 valence electrons. The number of methoxy groups -OCH3 is 2. The van der Waals surface area contributed by atoms with Crippen LogP contribution in [-0.2, 0) is 6.42 Å². The highest BCUT2D eigenvalue weighted by molar-refractivity contribution is 7.17. The minimum atomic E-state index is -0.0640. The van der Waals surface area contributed by atoms with E-state index in [-0.39, 0.29) is 11.9 Å². The Balaban J connectivity index is 1.82. The quantitative estimate of drug-likeness (QED) is 0.699. The van der Waals surface area contributed by atoms with Crippen molar-refractivity contribution in [1.29, 1.82) is 0 Å². The van der Waals surface area contributed by atoms with Gasteiger partial charge in [0.05, 0.1) is 25.1 Å². The third kappa shape index (κ3) is 3.12. The summed E-state index contributed by atoms with van der Waals surface area (Å²) >= 11 is 1.50. The van der Waals surface area contributed by atoms with Crippen molar-refractivity contribution in [1.82, 2.24) is 19.5 Å². The van der Waals surface area contributed by atoms with E-state index in [1.54, 1.807) is 18.7 Å². The molecule has 2 aromatic heterocycles. The fraction of sp³-hybridized carbons (Fsp3) is 0.474. The van der Waals surface area contributed by atoms with Crippen molar-refractivity contribution in [3.63, 3.8) is 0 Å². The number of aryl methyl sites for hydroxylation is 1. The topological polar surface area (TPSA) is 72.1 Å². The molecule has 0 radical (unpaired) electrons. The average Bonchev–Trinajstić information content (AvgIpc) is 3.41. The SMILES string of the molecule is CCc1nc2sc([C@@H](c3ccc(OC)c(OC)c3)N3CCCC3)c(O)n2n1. The van der Waals surface area contributed by atoms with E-state index in [9.17, 15) is 5.11 Å². The maximum absolute atomic E-state index is 10.9. The first-order chi connectivity index (χ1) is 13.2. The Morgan fingerprint density at radius 3 is 2.56 bits per heavy atom. The van der Waals surface area contributed by atoms with Crippen LogP contribution in [0.15, 0.2) is 18.2 Å². The van der Waals surface area contributed by atoms with Gasteiger partial charge in [-0.3, -0.25) is 4.90 Å². The van der Waals surface area contributed by atoms with Crippen LogP contribution in [0.25, 0.3) is 4.96 Å². The van der Waals surface area contributed by atoms with Gasteiger partial charge in [-0.25, -0.2) is 4.98 Å². The smallest absolute Gasteiger partial charge is 0.230 e. The van der Waals surface area contributed by atoms with Gasteiger partial charge in [-0.1, -0.05) is 24.3 Å². The lowest BCUT2D eigenvalue weighted by atomic mass is 10.0. The van der Waals surface area contributed by atoms with Crippen molar-refractivity contribution in [2.24, 2.45) is 0 Å². The molecule has 0 saturated carbocycles.